The van der Waals surface area contributed by atoms with Crippen LogP contribution in [-0.4, -0.2) is 11.7 Å². The number of allylic oxidation sites excluding steroid dienone is 1. The lowest BCUT2D eigenvalue weighted by Gasteiger charge is -2.35. The molecular weight excluding hydrogens is 386 g/mol. The molecule has 1 N–H and O–H groups in total. The van der Waals surface area contributed by atoms with Gasteiger partial charge in [-0.2, -0.15) is 0 Å². The van der Waals surface area contributed by atoms with Gasteiger partial charge in [-0.1, -0.05) is 32.9 Å². The zero-order valence-corrected chi connectivity index (χ0v) is 17.2. The Bertz CT molecular complexity index is 1040. The molecule has 156 valence electrons. The van der Waals surface area contributed by atoms with Gasteiger partial charge in [0.2, 0.25) is 5.91 Å². The summed E-state index contributed by atoms with van der Waals surface area (Å²) in [4.78, 5) is 28.1. The highest BCUT2D eigenvalue weighted by atomic mass is 19.1. The molecule has 1 amide bonds. The van der Waals surface area contributed by atoms with Gasteiger partial charge in [0.25, 0.3) is 0 Å². The first-order valence-electron chi connectivity index (χ1n) is 10.2. The quantitative estimate of drug-likeness (QED) is 0.724. The van der Waals surface area contributed by atoms with E-state index in [1.165, 1.54) is 17.0 Å². The highest BCUT2D eigenvalue weighted by molar-refractivity contribution is 6.06. The van der Waals surface area contributed by atoms with Gasteiger partial charge >= 0.3 is 0 Å². The number of benzene rings is 2. The van der Waals surface area contributed by atoms with Gasteiger partial charge in [-0.15, -0.1) is 0 Å². The van der Waals surface area contributed by atoms with Crippen molar-refractivity contribution in [1.29, 1.82) is 0 Å². The summed E-state index contributed by atoms with van der Waals surface area (Å²) in [5.41, 5.74) is 2.64. The lowest BCUT2D eigenvalue weighted by Crippen LogP contribution is -2.40. The Hall–Kier alpha value is -3.02. The van der Waals surface area contributed by atoms with E-state index in [-0.39, 0.29) is 29.1 Å². The van der Waals surface area contributed by atoms with Crippen LogP contribution in [0.4, 0.5) is 20.2 Å². The number of carbonyl (C=O) groups is 2. The van der Waals surface area contributed by atoms with Crippen molar-refractivity contribution in [1.82, 2.24) is 0 Å². The van der Waals surface area contributed by atoms with Crippen LogP contribution in [0, 0.1) is 23.5 Å². The van der Waals surface area contributed by atoms with Crippen molar-refractivity contribution in [2.24, 2.45) is 11.8 Å². The van der Waals surface area contributed by atoms with Crippen LogP contribution in [0.25, 0.3) is 0 Å². The van der Waals surface area contributed by atoms with Crippen molar-refractivity contribution in [3.63, 3.8) is 0 Å². The number of carbonyl (C=O) groups excluding carboxylic acids is 2. The number of hydrogen-bond donors (Lipinski definition) is 1. The first kappa shape index (κ1) is 20.3. The van der Waals surface area contributed by atoms with E-state index in [2.05, 4.69) is 5.32 Å². The highest BCUT2D eigenvalue weighted by Gasteiger charge is 2.41. The largest absolute Gasteiger partial charge is 0.357 e. The highest BCUT2D eigenvalue weighted by Crippen LogP contribution is 2.46. The third kappa shape index (κ3) is 3.51. The first-order chi connectivity index (χ1) is 14.3. The van der Waals surface area contributed by atoms with Crippen LogP contribution in [-0.2, 0) is 9.59 Å². The monoisotopic (exact) mass is 410 g/mol. The summed E-state index contributed by atoms with van der Waals surface area (Å²) < 4.78 is 28.4. The second-order valence-electron chi connectivity index (χ2n) is 8.44. The van der Waals surface area contributed by atoms with E-state index < -0.39 is 17.7 Å². The molecule has 0 spiro atoms. The van der Waals surface area contributed by atoms with Crippen LogP contribution in [0.15, 0.2) is 53.7 Å². The molecule has 1 aliphatic heterocycles. The molecular formula is C24H24F2N2O2. The Kier molecular flexibility index (Phi) is 5.18. The molecule has 0 aromatic heterocycles. The van der Waals surface area contributed by atoms with Gasteiger partial charge in [0.15, 0.2) is 5.78 Å². The van der Waals surface area contributed by atoms with E-state index in [0.29, 0.717) is 35.5 Å². The topological polar surface area (TPSA) is 49.4 Å². The molecule has 2 aliphatic rings. The van der Waals surface area contributed by atoms with Gasteiger partial charge in [-0.3, -0.25) is 14.5 Å². The van der Waals surface area contributed by atoms with E-state index in [1.54, 1.807) is 26.0 Å². The molecule has 4 nitrogen and oxygen atoms in total. The third-order valence-corrected chi connectivity index (χ3v) is 5.62. The second-order valence-corrected chi connectivity index (χ2v) is 8.44. The van der Waals surface area contributed by atoms with Crippen LogP contribution in [0.1, 0.15) is 45.2 Å². The van der Waals surface area contributed by atoms with Gasteiger partial charge in [0.05, 0.1) is 17.4 Å². The summed E-state index contributed by atoms with van der Waals surface area (Å²) in [6.45, 7) is 5.53. The average molecular weight is 410 g/mol. The number of halogens is 2. The number of Topliss-reactive ketones (excluding diaryl/α,β-unsaturated/α-hetero) is 1. The molecule has 30 heavy (non-hydrogen) atoms. The zero-order valence-electron chi connectivity index (χ0n) is 17.2. The lowest BCUT2D eigenvalue weighted by atomic mass is 9.81. The Morgan fingerprint density at radius 1 is 1.10 bits per heavy atom. The zero-order chi connectivity index (χ0) is 21.6. The smallest absolute Gasteiger partial charge is 0.230 e. The summed E-state index contributed by atoms with van der Waals surface area (Å²) in [5.74, 6) is -2.07. The Labute approximate surface area is 174 Å². The van der Waals surface area contributed by atoms with Crippen molar-refractivity contribution >= 4 is 23.1 Å². The fraction of sp³-hybridized carbons (Fsp3) is 0.333. The van der Waals surface area contributed by atoms with Crippen molar-refractivity contribution in [2.75, 3.05) is 10.2 Å². The Morgan fingerprint density at radius 3 is 2.43 bits per heavy atom. The molecule has 0 fully saturated rings. The molecule has 0 bridgehead atoms. The number of ketones is 1. The molecule has 0 saturated heterocycles. The van der Waals surface area contributed by atoms with Crippen molar-refractivity contribution in [2.45, 2.75) is 39.7 Å². The summed E-state index contributed by atoms with van der Waals surface area (Å²) in [6, 6.07) is 9.59. The molecule has 4 rings (SSSR count). The van der Waals surface area contributed by atoms with Gasteiger partial charge in [-0.05, 0) is 42.2 Å². The predicted octanol–water partition coefficient (Wildman–Crippen LogP) is 5.37. The summed E-state index contributed by atoms with van der Waals surface area (Å²) >= 11 is 0. The minimum Gasteiger partial charge on any atom is -0.357 e. The van der Waals surface area contributed by atoms with Crippen LogP contribution in [0.2, 0.25) is 0 Å². The molecule has 2 atom stereocenters. The number of nitrogens with zero attached hydrogens (tertiary/aromatic N) is 1. The van der Waals surface area contributed by atoms with E-state index >= 15 is 0 Å². The van der Waals surface area contributed by atoms with Crippen LogP contribution < -0.4 is 10.2 Å². The molecule has 0 unspecified atom stereocenters. The second kappa shape index (κ2) is 7.67. The van der Waals surface area contributed by atoms with Crippen LogP contribution >= 0.6 is 0 Å². The van der Waals surface area contributed by atoms with Gasteiger partial charge < -0.3 is 5.32 Å². The number of nitrogens with one attached hydrogen (secondary N) is 1. The lowest BCUT2D eigenvalue weighted by molar-refractivity contribution is -0.121. The minimum atomic E-state index is -0.906. The molecule has 0 saturated carbocycles. The number of rotatable bonds is 2. The van der Waals surface area contributed by atoms with Crippen molar-refractivity contribution in [3.05, 3.63) is 70.9 Å². The van der Waals surface area contributed by atoms with Crippen molar-refractivity contribution in [3.8, 4) is 0 Å². The SMILES string of the molecule is CC(C)C(=O)N1c2ccccc2NC2=C(C(=O)C[C@H](C)C2)[C@H]1c1cc(F)cc(F)c1. The molecule has 1 aliphatic carbocycles. The number of para-hydroxylation sites is 2. The number of fused-ring (bicyclic) bond motifs is 1. The van der Waals surface area contributed by atoms with Gasteiger partial charge in [0, 0.05) is 29.7 Å². The minimum absolute atomic E-state index is 0.111. The number of hydrogen-bond acceptors (Lipinski definition) is 3. The Balaban J connectivity index is 2.04. The van der Waals surface area contributed by atoms with Crippen LogP contribution in [0.3, 0.4) is 0 Å². The maximum atomic E-state index is 14.2. The maximum Gasteiger partial charge on any atom is 0.230 e. The van der Waals surface area contributed by atoms with E-state index in [1.807, 2.05) is 19.1 Å². The summed E-state index contributed by atoms with van der Waals surface area (Å²) in [6.07, 6.45) is 0.947. The van der Waals surface area contributed by atoms with E-state index in [0.717, 1.165) is 6.07 Å². The van der Waals surface area contributed by atoms with Gasteiger partial charge in [0.1, 0.15) is 11.6 Å². The molecule has 6 heteroatoms. The van der Waals surface area contributed by atoms with Gasteiger partial charge in [-0.25, -0.2) is 8.78 Å². The molecule has 1 heterocycles. The molecule has 2 aromatic rings. The predicted molar refractivity (Wildman–Crippen MR) is 112 cm³/mol. The van der Waals surface area contributed by atoms with Crippen molar-refractivity contribution < 1.29 is 18.4 Å². The normalized spacial score (nSPS) is 21.1. The summed E-state index contributed by atoms with van der Waals surface area (Å²) in [5, 5.41) is 3.35. The molecule has 2 aromatic carbocycles. The Morgan fingerprint density at radius 2 is 1.77 bits per heavy atom. The number of anilines is 2. The maximum absolute atomic E-state index is 14.2. The fourth-order valence-corrected chi connectivity index (χ4v) is 4.35. The summed E-state index contributed by atoms with van der Waals surface area (Å²) in [7, 11) is 0. The van der Waals surface area contributed by atoms with Crippen LogP contribution in [0.5, 0.6) is 0 Å². The average Bonchev–Trinajstić information content (AvgIpc) is 2.80. The first-order valence-corrected chi connectivity index (χ1v) is 10.2. The fourth-order valence-electron chi connectivity index (χ4n) is 4.35. The van der Waals surface area contributed by atoms with E-state index in [4.69, 9.17) is 0 Å². The molecule has 0 radical (unpaired) electrons. The third-order valence-electron chi connectivity index (χ3n) is 5.62. The van der Waals surface area contributed by atoms with E-state index in [9.17, 15) is 18.4 Å². The standard InChI is InChI=1S/C24H24F2N2O2/c1-13(2)24(30)28-20-7-5-4-6-18(20)27-19-8-14(3)9-21(29)22(19)23(28)15-10-16(25)12-17(26)11-15/h4-7,10-14,23,27H,8-9H2,1-3H3/t14-,23-/m1/s1. The number of amides is 1.